The summed E-state index contributed by atoms with van der Waals surface area (Å²) in [5.74, 6) is 1.86. The molecular formula is C34H50O. The van der Waals surface area contributed by atoms with E-state index in [1.165, 1.54) is 107 Å². The topological polar surface area (TPSA) is 17.1 Å². The van der Waals surface area contributed by atoms with Crippen molar-refractivity contribution < 1.29 is 4.79 Å². The van der Waals surface area contributed by atoms with Gasteiger partial charge in [-0.15, -0.1) is 0 Å². The van der Waals surface area contributed by atoms with Crippen molar-refractivity contribution in [2.75, 3.05) is 0 Å². The summed E-state index contributed by atoms with van der Waals surface area (Å²) in [5.41, 5.74) is 4.82. The van der Waals surface area contributed by atoms with E-state index in [4.69, 9.17) is 0 Å². The fraction of sp³-hybridized carbons (Fsp3) is 0.618. The number of carbonyl (C=O) groups excluding carboxylic acids is 1. The summed E-state index contributed by atoms with van der Waals surface area (Å²) in [4.78, 5) is 12.9. The van der Waals surface area contributed by atoms with Gasteiger partial charge in [0.1, 0.15) is 0 Å². The molecule has 0 radical (unpaired) electrons. The molecule has 0 bridgehead atoms. The number of rotatable bonds is 16. The molecule has 1 saturated carbocycles. The minimum absolute atomic E-state index is 0.232. The quantitative estimate of drug-likeness (QED) is 0.175. The fourth-order valence-electron chi connectivity index (χ4n) is 5.81. The number of aryl methyl sites for hydroxylation is 1. The van der Waals surface area contributed by atoms with Gasteiger partial charge in [0.2, 0.25) is 0 Å². The standard InChI is InChI=1S/C34H50O/c1-3-5-7-9-11-13-28-15-17-30(18-16-28)27-34(35)33-25-23-32(24-26-33)31-21-19-29(20-22-31)14-12-10-8-6-4-2/h15-18,23-26,29,31H,3-14,19-22,27H2,1-2H3/t29-,31-. The summed E-state index contributed by atoms with van der Waals surface area (Å²) >= 11 is 0. The highest BCUT2D eigenvalue weighted by molar-refractivity contribution is 5.97. The Kier molecular flexibility index (Phi) is 12.6. The summed E-state index contributed by atoms with van der Waals surface area (Å²) in [5, 5.41) is 0. The molecule has 1 fully saturated rings. The van der Waals surface area contributed by atoms with Crippen molar-refractivity contribution in [3.05, 3.63) is 70.8 Å². The van der Waals surface area contributed by atoms with Crippen LogP contribution in [-0.2, 0) is 12.8 Å². The van der Waals surface area contributed by atoms with Crippen molar-refractivity contribution in [2.24, 2.45) is 5.92 Å². The normalized spacial score (nSPS) is 18.0. The van der Waals surface area contributed by atoms with E-state index >= 15 is 0 Å². The minimum Gasteiger partial charge on any atom is -0.294 e. The molecule has 1 aliphatic carbocycles. The van der Waals surface area contributed by atoms with Crippen LogP contribution in [0.1, 0.15) is 143 Å². The van der Waals surface area contributed by atoms with Crippen LogP contribution >= 0.6 is 0 Å². The number of unbranched alkanes of at least 4 members (excludes halogenated alkanes) is 8. The van der Waals surface area contributed by atoms with Gasteiger partial charge in [0, 0.05) is 12.0 Å². The van der Waals surface area contributed by atoms with Gasteiger partial charge >= 0.3 is 0 Å². The Hall–Kier alpha value is -1.89. The van der Waals surface area contributed by atoms with Gasteiger partial charge in [-0.25, -0.2) is 0 Å². The third kappa shape index (κ3) is 9.94. The van der Waals surface area contributed by atoms with E-state index in [2.05, 4.69) is 62.4 Å². The second-order valence-corrected chi connectivity index (χ2v) is 11.1. The number of Topliss-reactive ketones (excluding diaryl/α,β-unsaturated/α-hetero) is 1. The van der Waals surface area contributed by atoms with E-state index in [-0.39, 0.29) is 5.78 Å². The predicted molar refractivity (Wildman–Crippen MR) is 151 cm³/mol. The zero-order chi connectivity index (χ0) is 24.7. The second kappa shape index (κ2) is 16.0. The number of carbonyl (C=O) groups is 1. The Bertz CT molecular complexity index is 824. The minimum atomic E-state index is 0.232. The molecule has 1 aliphatic rings. The Balaban J connectivity index is 1.39. The fourth-order valence-corrected chi connectivity index (χ4v) is 5.81. The Morgan fingerprint density at radius 1 is 0.657 bits per heavy atom. The molecule has 0 heterocycles. The van der Waals surface area contributed by atoms with Crippen LogP contribution in [0.3, 0.4) is 0 Å². The number of hydrogen-bond donors (Lipinski definition) is 0. The molecule has 0 spiro atoms. The van der Waals surface area contributed by atoms with Crippen LogP contribution in [0.2, 0.25) is 0 Å². The molecule has 0 amide bonds. The van der Waals surface area contributed by atoms with Crippen LogP contribution in [0.25, 0.3) is 0 Å². The van der Waals surface area contributed by atoms with E-state index in [9.17, 15) is 4.79 Å². The Morgan fingerprint density at radius 3 is 1.86 bits per heavy atom. The molecule has 2 aromatic carbocycles. The van der Waals surface area contributed by atoms with Gasteiger partial charge < -0.3 is 0 Å². The van der Waals surface area contributed by atoms with Crippen LogP contribution in [0, 0.1) is 5.92 Å². The summed E-state index contributed by atoms with van der Waals surface area (Å²) in [6.45, 7) is 4.55. The lowest BCUT2D eigenvalue weighted by Crippen LogP contribution is -2.13. The Labute approximate surface area is 216 Å². The monoisotopic (exact) mass is 474 g/mol. The summed E-state index contributed by atoms with van der Waals surface area (Å²) < 4.78 is 0. The lowest BCUT2D eigenvalue weighted by Gasteiger charge is -2.29. The average Bonchev–Trinajstić information content (AvgIpc) is 2.90. The van der Waals surface area contributed by atoms with Crippen LogP contribution in [-0.4, -0.2) is 5.78 Å². The molecule has 192 valence electrons. The number of hydrogen-bond acceptors (Lipinski definition) is 1. The van der Waals surface area contributed by atoms with Crippen molar-refractivity contribution in [3.8, 4) is 0 Å². The third-order valence-electron chi connectivity index (χ3n) is 8.22. The first kappa shape index (κ1) is 27.7. The molecule has 0 N–H and O–H groups in total. The van der Waals surface area contributed by atoms with E-state index in [1.807, 2.05) is 0 Å². The highest BCUT2D eigenvalue weighted by Gasteiger charge is 2.22. The first-order chi connectivity index (χ1) is 17.2. The highest BCUT2D eigenvalue weighted by Crippen LogP contribution is 2.37. The molecular weight excluding hydrogens is 424 g/mol. The first-order valence-electron chi connectivity index (χ1n) is 14.9. The largest absolute Gasteiger partial charge is 0.294 e. The van der Waals surface area contributed by atoms with E-state index in [0.717, 1.165) is 23.5 Å². The third-order valence-corrected chi connectivity index (χ3v) is 8.22. The maximum Gasteiger partial charge on any atom is 0.167 e. The van der Waals surface area contributed by atoms with E-state index < -0.39 is 0 Å². The van der Waals surface area contributed by atoms with Gasteiger partial charge in [0.05, 0.1) is 0 Å². The average molecular weight is 475 g/mol. The molecule has 0 atom stereocenters. The van der Waals surface area contributed by atoms with Gasteiger partial charge in [0.25, 0.3) is 0 Å². The van der Waals surface area contributed by atoms with Gasteiger partial charge in [-0.2, -0.15) is 0 Å². The molecule has 0 aliphatic heterocycles. The zero-order valence-corrected chi connectivity index (χ0v) is 22.7. The molecule has 35 heavy (non-hydrogen) atoms. The van der Waals surface area contributed by atoms with Crippen molar-refractivity contribution in [1.29, 1.82) is 0 Å². The van der Waals surface area contributed by atoms with Gasteiger partial charge in [0.15, 0.2) is 5.78 Å². The second-order valence-electron chi connectivity index (χ2n) is 11.1. The summed E-state index contributed by atoms with van der Waals surface area (Å²) in [6, 6.07) is 17.3. The Morgan fingerprint density at radius 2 is 1.23 bits per heavy atom. The van der Waals surface area contributed by atoms with Crippen molar-refractivity contribution in [1.82, 2.24) is 0 Å². The highest BCUT2D eigenvalue weighted by atomic mass is 16.1. The van der Waals surface area contributed by atoms with Crippen LogP contribution in [0.15, 0.2) is 48.5 Å². The maximum atomic E-state index is 12.9. The zero-order valence-electron chi connectivity index (χ0n) is 22.7. The molecule has 3 rings (SSSR count). The van der Waals surface area contributed by atoms with E-state index in [0.29, 0.717) is 12.3 Å². The summed E-state index contributed by atoms with van der Waals surface area (Å²) in [7, 11) is 0. The van der Waals surface area contributed by atoms with Gasteiger partial charge in [-0.05, 0) is 67.1 Å². The molecule has 0 aromatic heterocycles. The van der Waals surface area contributed by atoms with Gasteiger partial charge in [-0.3, -0.25) is 4.79 Å². The summed E-state index contributed by atoms with van der Waals surface area (Å²) in [6.07, 6.45) is 22.1. The smallest absolute Gasteiger partial charge is 0.167 e. The molecule has 0 saturated heterocycles. The maximum absolute atomic E-state index is 12.9. The van der Waals surface area contributed by atoms with Crippen LogP contribution in [0.4, 0.5) is 0 Å². The van der Waals surface area contributed by atoms with Crippen molar-refractivity contribution >= 4 is 5.78 Å². The number of ketones is 1. The van der Waals surface area contributed by atoms with Crippen molar-refractivity contribution in [2.45, 2.75) is 129 Å². The molecule has 1 heteroatoms. The van der Waals surface area contributed by atoms with Crippen LogP contribution < -0.4 is 0 Å². The van der Waals surface area contributed by atoms with Crippen molar-refractivity contribution in [3.63, 3.8) is 0 Å². The van der Waals surface area contributed by atoms with Crippen LogP contribution in [0.5, 0.6) is 0 Å². The predicted octanol–water partition coefficient (Wildman–Crippen LogP) is 10.3. The van der Waals surface area contributed by atoms with Gasteiger partial charge in [-0.1, -0.05) is 127 Å². The lowest BCUT2D eigenvalue weighted by atomic mass is 9.77. The first-order valence-corrected chi connectivity index (χ1v) is 14.9. The number of benzene rings is 2. The lowest BCUT2D eigenvalue weighted by molar-refractivity contribution is 0.0993. The van der Waals surface area contributed by atoms with E-state index in [1.54, 1.807) is 0 Å². The molecule has 0 unspecified atom stereocenters. The molecule has 1 nitrogen and oxygen atoms in total. The SMILES string of the molecule is CCCCCCCc1ccc(CC(=O)c2ccc([C@H]3CC[C@H](CCCCCCC)CC3)cc2)cc1. The molecule has 2 aromatic rings.